The van der Waals surface area contributed by atoms with E-state index in [1.54, 1.807) is 43.3 Å². The molecule has 0 saturated heterocycles. The number of rotatable bonds is 8. The van der Waals surface area contributed by atoms with Crippen LogP contribution in [-0.4, -0.2) is 24.5 Å². The second-order valence-electron chi connectivity index (χ2n) is 6.18. The first kappa shape index (κ1) is 21.0. The highest BCUT2D eigenvalue weighted by molar-refractivity contribution is 5.89. The molecule has 1 atom stereocenters. The first-order chi connectivity index (χ1) is 13.4. The molecule has 0 amide bonds. The van der Waals surface area contributed by atoms with Crippen LogP contribution in [0.5, 0.6) is 5.75 Å². The number of benzene rings is 2. The van der Waals surface area contributed by atoms with Crippen molar-refractivity contribution in [3.05, 3.63) is 59.7 Å². The van der Waals surface area contributed by atoms with Crippen molar-refractivity contribution in [1.29, 1.82) is 0 Å². The molecule has 0 radical (unpaired) electrons. The third-order valence-electron chi connectivity index (χ3n) is 4.09. The molecule has 0 aromatic heterocycles. The van der Waals surface area contributed by atoms with Gasteiger partial charge >= 0.3 is 11.9 Å². The maximum atomic E-state index is 12.5. The van der Waals surface area contributed by atoms with Crippen molar-refractivity contribution in [2.45, 2.75) is 26.7 Å². The maximum Gasteiger partial charge on any atom is 0.338 e. The summed E-state index contributed by atoms with van der Waals surface area (Å²) in [5.74, 6) is -0.634. The van der Waals surface area contributed by atoms with Crippen molar-refractivity contribution >= 4 is 23.6 Å². The van der Waals surface area contributed by atoms with Crippen LogP contribution >= 0.6 is 0 Å². The zero-order valence-electron chi connectivity index (χ0n) is 16.1. The van der Waals surface area contributed by atoms with Gasteiger partial charge in [-0.25, -0.2) is 9.79 Å². The molecular formula is C21H25N3O4. The molecule has 148 valence electrons. The molecule has 4 N–H and O–H groups in total. The fourth-order valence-corrected chi connectivity index (χ4v) is 2.61. The summed E-state index contributed by atoms with van der Waals surface area (Å²) in [5.41, 5.74) is 12.8. The van der Waals surface area contributed by atoms with Gasteiger partial charge in [-0.2, -0.15) is 0 Å². The smallest absolute Gasteiger partial charge is 0.338 e. The summed E-state index contributed by atoms with van der Waals surface area (Å²) >= 11 is 0. The van der Waals surface area contributed by atoms with Crippen LogP contribution in [0, 0.1) is 5.92 Å². The highest BCUT2D eigenvalue weighted by atomic mass is 16.5. The van der Waals surface area contributed by atoms with E-state index >= 15 is 0 Å². The van der Waals surface area contributed by atoms with Gasteiger partial charge < -0.3 is 20.9 Å². The molecule has 7 nitrogen and oxygen atoms in total. The number of guanidine groups is 1. The molecule has 7 heteroatoms. The number of ether oxygens (including phenoxy) is 2. The molecule has 0 heterocycles. The van der Waals surface area contributed by atoms with Crippen molar-refractivity contribution in [3.63, 3.8) is 0 Å². The number of nitrogens with two attached hydrogens (primary N) is 2. The van der Waals surface area contributed by atoms with E-state index in [9.17, 15) is 9.59 Å². The van der Waals surface area contributed by atoms with Gasteiger partial charge in [0.2, 0.25) is 0 Å². The van der Waals surface area contributed by atoms with Crippen LogP contribution in [0.25, 0.3) is 0 Å². The zero-order chi connectivity index (χ0) is 20.5. The van der Waals surface area contributed by atoms with Crippen LogP contribution in [0.4, 0.5) is 5.69 Å². The molecule has 2 aromatic carbocycles. The van der Waals surface area contributed by atoms with Gasteiger partial charge in [0.15, 0.2) is 5.96 Å². The predicted octanol–water partition coefficient (Wildman–Crippen LogP) is 2.94. The number of hydrogen-bond donors (Lipinski definition) is 2. The van der Waals surface area contributed by atoms with Crippen molar-refractivity contribution < 1.29 is 19.1 Å². The third-order valence-corrected chi connectivity index (χ3v) is 4.09. The maximum absolute atomic E-state index is 12.5. The molecule has 0 saturated carbocycles. The topological polar surface area (TPSA) is 117 Å². The fourth-order valence-electron chi connectivity index (χ4n) is 2.61. The summed E-state index contributed by atoms with van der Waals surface area (Å²) in [7, 11) is 0. The molecule has 2 aromatic rings. The number of nitrogens with zero attached hydrogens (tertiary/aromatic N) is 1. The first-order valence-corrected chi connectivity index (χ1v) is 9.10. The zero-order valence-corrected chi connectivity index (χ0v) is 16.1. The van der Waals surface area contributed by atoms with E-state index in [1.807, 2.05) is 19.1 Å². The van der Waals surface area contributed by atoms with E-state index in [0.717, 1.165) is 5.56 Å². The van der Waals surface area contributed by atoms with Gasteiger partial charge in [-0.1, -0.05) is 19.1 Å². The lowest BCUT2D eigenvalue weighted by molar-refractivity contribution is -0.139. The summed E-state index contributed by atoms with van der Waals surface area (Å²) in [5, 5.41) is 0. The van der Waals surface area contributed by atoms with Crippen LogP contribution < -0.4 is 16.2 Å². The number of hydrogen-bond acceptors (Lipinski definition) is 5. The van der Waals surface area contributed by atoms with Gasteiger partial charge in [0.1, 0.15) is 5.75 Å². The molecule has 0 fully saturated rings. The molecule has 0 spiro atoms. The van der Waals surface area contributed by atoms with Crippen molar-refractivity contribution in [1.82, 2.24) is 0 Å². The molecule has 0 bridgehead atoms. The van der Waals surface area contributed by atoms with Crippen LogP contribution in [0.15, 0.2) is 53.5 Å². The molecule has 2 rings (SSSR count). The average Bonchev–Trinajstić information content (AvgIpc) is 2.67. The van der Waals surface area contributed by atoms with Gasteiger partial charge in [-0.3, -0.25) is 4.79 Å². The number of carbonyl (C=O) groups is 2. The minimum absolute atomic E-state index is 0.00302. The predicted molar refractivity (Wildman–Crippen MR) is 107 cm³/mol. The third kappa shape index (κ3) is 6.12. The number of esters is 2. The Hall–Kier alpha value is -3.35. The van der Waals surface area contributed by atoms with E-state index in [2.05, 4.69) is 4.99 Å². The average molecular weight is 383 g/mol. The summed E-state index contributed by atoms with van der Waals surface area (Å²) in [6.45, 7) is 3.98. The first-order valence-electron chi connectivity index (χ1n) is 9.10. The van der Waals surface area contributed by atoms with Crippen molar-refractivity contribution in [2.24, 2.45) is 22.4 Å². The summed E-state index contributed by atoms with van der Waals surface area (Å²) in [6.07, 6.45) is 1.17. The number of carbonyl (C=O) groups excluding carboxylic acids is 2. The Kier molecular flexibility index (Phi) is 7.56. The summed E-state index contributed by atoms with van der Waals surface area (Å²) in [4.78, 5) is 28.1. The molecule has 0 aliphatic carbocycles. The van der Waals surface area contributed by atoms with Crippen molar-refractivity contribution in [2.75, 3.05) is 6.61 Å². The minimum Gasteiger partial charge on any atom is -0.462 e. The second-order valence-corrected chi connectivity index (χ2v) is 6.18. The van der Waals surface area contributed by atoms with Crippen LogP contribution in [0.3, 0.4) is 0 Å². The SMILES string of the molecule is CCOC(=O)c1ccc(OC(=O)C(CC)Cc2ccc(N=C(N)N)cc2)cc1. The van der Waals surface area contributed by atoms with E-state index in [0.29, 0.717) is 36.4 Å². The Morgan fingerprint density at radius 1 is 1.00 bits per heavy atom. The molecular weight excluding hydrogens is 358 g/mol. The van der Waals surface area contributed by atoms with E-state index in [4.69, 9.17) is 20.9 Å². The van der Waals surface area contributed by atoms with E-state index < -0.39 is 5.97 Å². The van der Waals surface area contributed by atoms with Crippen LogP contribution in [0.1, 0.15) is 36.2 Å². The summed E-state index contributed by atoms with van der Waals surface area (Å²) in [6, 6.07) is 13.7. The molecule has 0 aliphatic rings. The van der Waals surface area contributed by atoms with Crippen molar-refractivity contribution in [3.8, 4) is 5.75 Å². The molecule has 28 heavy (non-hydrogen) atoms. The normalized spacial score (nSPS) is 11.4. The van der Waals surface area contributed by atoms with E-state index in [-0.39, 0.29) is 17.8 Å². The fraction of sp³-hybridized carbons (Fsp3) is 0.286. The Bertz CT molecular complexity index is 826. The van der Waals surface area contributed by atoms with Gasteiger partial charge in [0, 0.05) is 0 Å². The van der Waals surface area contributed by atoms with Gasteiger partial charge in [-0.15, -0.1) is 0 Å². The van der Waals surface area contributed by atoms with Gasteiger partial charge in [-0.05, 0) is 61.7 Å². The highest BCUT2D eigenvalue weighted by Gasteiger charge is 2.19. The Labute approximate surface area is 164 Å². The Morgan fingerprint density at radius 2 is 1.64 bits per heavy atom. The Balaban J connectivity index is 1.99. The quantitative estimate of drug-likeness (QED) is 0.313. The lowest BCUT2D eigenvalue weighted by atomic mass is 9.97. The Morgan fingerprint density at radius 3 is 2.18 bits per heavy atom. The van der Waals surface area contributed by atoms with Crippen LogP contribution in [0.2, 0.25) is 0 Å². The molecule has 1 unspecified atom stereocenters. The highest BCUT2D eigenvalue weighted by Crippen LogP contribution is 2.20. The number of aliphatic imine (C=N–C) groups is 1. The lowest BCUT2D eigenvalue weighted by Gasteiger charge is -2.14. The van der Waals surface area contributed by atoms with E-state index in [1.165, 1.54) is 0 Å². The monoisotopic (exact) mass is 383 g/mol. The molecule has 0 aliphatic heterocycles. The lowest BCUT2D eigenvalue weighted by Crippen LogP contribution is -2.22. The second kappa shape index (κ2) is 10.1. The van der Waals surface area contributed by atoms with Gasteiger partial charge in [0.05, 0.1) is 23.8 Å². The standard InChI is InChI=1S/C21H25N3O4/c1-3-15(13-14-5-9-17(10-6-14)24-21(22)23)20(26)28-18-11-7-16(8-12-18)19(25)27-4-2/h5-12,15H,3-4,13H2,1-2H3,(H4,22,23,24). The summed E-state index contributed by atoms with van der Waals surface area (Å²) < 4.78 is 10.4. The minimum atomic E-state index is -0.406. The van der Waals surface area contributed by atoms with Gasteiger partial charge in [0.25, 0.3) is 0 Å². The van der Waals surface area contributed by atoms with Crippen LogP contribution in [-0.2, 0) is 16.0 Å². The largest absolute Gasteiger partial charge is 0.462 e.